The molecule has 4 heteroatoms. The van der Waals surface area contributed by atoms with Crippen molar-refractivity contribution in [1.82, 2.24) is 0 Å². The quantitative estimate of drug-likeness (QED) is 0.810. The number of ether oxygens (including phenoxy) is 1. The van der Waals surface area contributed by atoms with Crippen molar-refractivity contribution < 1.29 is 14.3 Å². The second kappa shape index (κ2) is 4.99. The number of anilines is 1. The number of fused-ring (bicyclic) bond motifs is 1. The summed E-state index contributed by atoms with van der Waals surface area (Å²) in [5.41, 5.74) is 1.92. The Morgan fingerprint density at radius 1 is 1.41 bits per heavy atom. The fraction of sp³-hybridized carbons (Fsp3) is 0.385. The van der Waals surface area contributed by atoms with Crippen molar-refractivity contribution in [3.63, 3.8) is 0 Å². The van der Waals surface area contributed by atoms with Crippen LogP contribution in [0.15, 0.2) is 24.3 Å². The van der Waals surface area contributed by atoms with Crippen LogP contribution in [0.1, 0.15) is 30.7 Å². The minimum atomic E-state index is -0.225. The first-order valence-electron chi connectivity index (χ1n) is 5.69. The number of para-hydroxylation sites is 1. The highest BCUT2D eigenvalue weighted by molar-refractivity contribution is 6.02. The van der Waals surface area contributed by atoms with Crippen LogP contribution in [0.25, 0.3) is 0 Å². The zero-order valence-corrected chi connectivity index (χ0v) is 9.73. The lowest BCUT2D eigenvalue weighted by Gasteiger charge is -2.07. The summed E-state index contributed by atoms with van der Waals surface area (Å²) < 4.78 is 4.57. The molecule has 1 aromatic rings. The van der Waals surface area contributed by atoms with Gasteiger partial charge in [0.15, 0.2) is 0 Å². The highest BCUT2D eigenvalue weighted by atomic mass is 16.5. The minimum absolute atomic E-state index is 0.0241. The molecule has 17 heavy (non-hydrogen) atoms. The maximum Gasteiger partial charge on any atom is 0.305 e. The van der Waals surface area contributed by atoms with Crippen molar-refractivity contribution >= 4 is 17.6 Å². The average Bonchev–Trinajstić information content (AvgIpc) is 2.66. The van der Waals surface area contributed by atoms with E-state index in [1.54, 1.807) is 0 Å². The summed E-state index contributed by atoms with van der Waals surface area (Å²) in [6, 6.07) is 7.67. The molecule has 1 aliphatic heterocycles. The van der Waals surface area contributed by atoms with Crippen molar-refractivity contribution in [2.75, 3.05) is 12.4 Å². The summed E-state index contributed by atoms with van der Waals surface area (Å²) in [6.45, 7) is 0. The lowest BCUT2D eigenvalue weighted by atomic mass is 9.95. The number of rotatable bonds is 4. The summed E-state index contributed by atoms with van der Waals surface area (Å²) >= 11 is 0. The zero-order valence-electron chi connectivity index (χ0n) is 9.73. The van der Waals surface area contributed by atoms with Gasteiger partial charge in [-0.15, -0.1) is 0 Å². The van der Waals surface area contributed by atoms with Gasteiger partial charge in [0, 0.05) is 12.1 Å². The normalized spacial score (nSPS) is 17.5. The Kier molecular flexibility index (Phi) is 3.42. The molecule has 0 aliphatic carbocycles. The van der Waals surface area contributed by atoms with Gasteiger partial charge >= 0.3 is 5.97 Å². The van der Waals surface area contributed by atoms with E-state index >= 15 is 0 Å². The van der Waals surface area contributed by atoms with E-state index in [1.165, 1.54) is 7.11 Å². The molecule has 1 N–H and O–H groups in total. The van der Waals surface area contributed by atoms with Crippen molar-refractivity contribution in [2.45, 2.75) is 25.2 Å². The van der Waals surface area contributed by atoms with Crippen molar-refractivity contribution in [1.29, 1.82) is 0 Å². The molecular weight excluding hydrogens is 218 g/mol. The molecule has 0 saturated heterocycles. The molecule has 0 spiro atoms. The molecule has 0 saturated carbocycles. The monoisotopic (exact) mass is 233 g/mol. The van der Waals surface area contributed by atoms with Gasteiger partial charge in [-0.1, -0.05) is 18.2 Å². The maximum atomic E-state index is 11.7. The molecule has 0 aromatic heterocycles. The van der Waals surface area contributed by atoms with E-state index in [1.807, 2.05) is 24.3 Å². The predicted octanol–water partition coefficient (Wildman–Crippen LogP) is 2.07. The van der Waals surface area contributed by atoms with Crippen LogP contribution >= 0.6 is 0 Å². The summed E-state index contributed by atoms with van der Waals surface area (Å²) in [6.07, 6.45) is 1.71. The van der Waals surface area contributed by atoms with E-state index in [-0.39, 0.29) is 17.8 Å². The number of benzene rings is 1. The topological polar surface area (TPSA) is 55.4 Å². The van der Waals surface area contributed by atoms with Gasteiger partial charge in [-0.25, -0.2) is 0 Å². The number of hydrogen-bond donors (Lipinski definition) is 1. The third-order valence-electron chi connectivity index (χ3n) is 3.01. The molecule has 1 heterocycles. The maximum absolute atomic E-state index is 11.7. The van der Waals surface area contributed by atoms with Crippen molar-refractivity contribution in [3.05, 3.63) is 29.8 Å². The smallest absolute Gasteiger partial charge is 0.305 e. The van der Waals surface area contributed by atoms with Gasteiger partial charge in [0.2, 0.25) is 5.91 Å². The number of carbonyl (C=O) groups excluding carboxylic acids is 2. The summed E-state index contributed by atoms with van der Waals surface area (Å²) in [5.74, 6) is -0.330. The molecule has 1 amide bonds. The molecule has 4 nitrogen and oxygen atoms in total. The molecule has 0 radical (unpaired) electrons. The van der Waals surface area contributed by atoms with Gasteiger partial charge in [-0.05, 0) is 24.5 Å². The second-order valence-corrected chi connectivity index (χ2v) is 4.10. The first kappa shape index (κ1) is 11.6. The van der Waals surface area contributed by atoms with Gasteiger partial charge in [0.25, 0.3) is 0 Å². The molecule has 1 aliphatic rings. The number of hydrogen-bond acceptors (Lipinski definition) is 3. The fourth-order valence-corrected chi connectivity index (χ4v) is 2.11. The zero-order chi connectivity index (χ0) is 12.3. The van der Waals surface area contributed by atoms with Crippen LogP contribution in [0.5, 0.6) is 0 Å². The first-order chi connectivity index (χ1) is 8.22. The van der Waals surface area contributed by atoms with Crippen LogP contribution in [0.3, 0.4) is 0 Å². The highest BCUT2D eigenvalue weighted by Gasteiger charge is 2.29. The van der Waals surface area contributed by atoms with E-state index in [2.05, 4.69) is 10.1 Å². The van der Waals surface area contributed by atoms with E-state index < -0.39 is 0 Å². The van der Waals surface area contributed by atoms with Gasteiger partial charge < -0.3 is 10.1 Å². The largest absolute Gasteiger partial charge is 0.469 e. The molecule has 1 unspecified atom stereocenters. The third kappa shape index (κ3) is 2.46. The van der Waals surface area contributed by atoms with Crippen LogP contribution in [-0.2, 0) is 14.3 Å². The summed E-state index contributed by atoms with van der Waals surface area (Å²) in [5, 5.41) is 2.84. The fourth-order valence-electron chi connectivity index (χ4n) is 2.11. The van der Waals surface area contributed by atoms with Gasteiger partial charge in [0.1, 0.15) is 0 Å². The average molecular weight is 233 g/mol. The van der Waals surface area contributed by atoms with Crippen LogP contribution in [0, 0.1) is 0 Å². The molecule has 2 rings (SSSR count). The minimum Gasteiger partial charge on any atom is -0.469 e. The molecule has 0 fully saturated rings. The Morgan fingerprint density at radius 2 is 2.18 bits per heavy atom. The van der Waals surface area contributed by atoms with Gasteiger partial charge in [-0.3, -0.25) is 9.59 Å². The lowest BCUT2D eigenvalue weighted by Crippen LogP contribution is -2.12. The predicted molar refractivity (Wildman–Crippen MR) is 63.7 cm³/mol. The van der Waals surface area contributed by atoms with Crippen molar-refractivity contribution in [3.8, 4) is 0 Å². The van der Waals surface area contributed by atoms with Crippen LogP contribution in [0.2, 0.25) is 0 Å². The lowest BCUT2D eigenvalue weighted by molar-refractivity contribution is -0.140. The van der Waals surface area contributed by atoms with E-state index in [0.29, 0.717) is 19.3 Å². The highest BCUT2D eigenvalue weighted by Crippen LogP contribution is 2.35. The first-order valence-corrected chi connectivity index (χ1v) is 5.69. The number of nitrogens with one attached hydrogen (secondary N) is 1. The second-order valence-electron chi connectivity index (χ2n) is 4.10. The Morgan fingerprint density at radius 3 is 2.94 bits per heavy atom. The van der Waals surface area contributed by atoms with Crippen LogP contribution in [0.4, 0.5) is 5.69 Å². The van der Waals surface area contributed by atoms with E-state index in [9.17, 15) is 9.59 Å². The standard InChI is InChI=1S/C13H15NO3/c1-17-12(15)8-4-6-10-9-5-2-3-7-11(9)14-13(10)16/h2-3,5,7,10H,4,6,8H2,1H3,(H,14,16). The number of methoxy groups -OCH3 is 1. The Labute approximate surface area is 100.0 Å². The Bertz CT molecular complexity index is 442. The molecule has 1 atom stereocenters. The molecule has 90 valence electrons. The molecule has 0 bridgehead atoms. The Balaban J connectivity index is 1.97. The van der Waals surface area contributed by atoms with E-state index in [0.717, 1.165) is 11.3 Å². The SMILES string of the molecule is COC(=O)CCCC1C(=O)Nc2ccccc21. The van der Waals surface area contributed by atoms with Crippen LogP contribution < -0.4 is 5.32 Å². The van der Waals surface area contributed by atoms with Crippen molar-refractivity contribution in [2.24, 2.45) is 0 Å². The third-order valence-corrected chi connectivity index (χ3v) is 3.01. The number of amides is 1. The van der Waals surface area contributed by atoms with Crippen LogP contribution in [-0.4, -0.2) is 19.0 Å². The van der Waals surface area contributed by atoms with Gasteiger partial charge in [-0.2, -0.15) is 0 Å². The Hall–Kier alpha value is -1.84. The number of esters is 1. The summed E-state index contributed by atoms with van der Waals surface area (Å²) in [7, 11) is 1.37. The molecule has 1 aromatic carbocycles. The van der Waals surface area contributed by atoms with Gasteiger partial charge in [0.05, 0.1) is 13.0 Å². The molecular formula is C13H15NO3. The number of carbonyl (C=O) groups is 2. The van der Waals surface area contributed by atoms with E-state index in [4.69, 9.17) is 0 Å². The summed E-state index contributed by atoms with van der Waals surface area (Å²) in [4.78, 5) is 22.7.